The van der Waals surface area contributed by atoms with Crippen LogP contribution in [0.25, 0.3) is 11.1 Å². The fourth-order valence-corrected chi connectivity index (χ4v) is 7.91. The lowest BCUT2D eigenvalue weighted by atomic mass is 10.0. The molecule has 1 fully saturated rings. The van der Waals surface area contributed by atoms with Crippen LogP contribution in [-0.2, 0) is 21.4 Å². The van der Waals surface area contributed by atoms with Crippen molar-refractivity contribution in [1.82, 2.24) is 14.9 Å². The molecule has 1 aliphatic heterocycles. The first-order valence-corrected chi connectivity index (χ1v) is 16.0. The van der Waals surface area contributed by atoms with Crippen molar-refractivity contribution in [3.63, 3.8) is 0 Å². The van der Waals surface area contributed by atoms with Crippen molar-refractivity contribution in [2.24, 2.45) is 0 Å². The van der Waals surface area contributed by atoms with Crippen molar-refractivity contribution in [3.8, 4) is 11.1 Å². The van der Waals surface area contributed by atoms with E-state index < -0.39 is 15.4 Å². The molecule has 1 amide bonds. The maximum Gasteiger partial charge on any atom is 0.249 e. The zero-order valence-electron chi connectivity index (χ0n) is 22.4. The van der Waals surface area contributed by atoms with Crippen LogP contribution in [-0.4, -0.2) is 42.8 Å². The smallest absolute Gasteiger partial charge is 0.249 e. The van der Waals surface area contributed by atoms with Crippen LogP contribution in [0.2, 0.25) is 0 Å². The monoisotopic (exact) mass is 589 g/mol. The highest BCUT2D eigenvalue weighted by Crippen LogP contribution is 2.32. The summed E-state index contributed by atoms with van der Waals surface area (Å²) in [7, 11) is -3.87. The number of carbonyl (C=O) groups is 1. The van der Waals surface area contributed by atoms with E-state index in [1.807, 2.05) is 60.7 Å². The van der Waals surface area contributed by atoms with Gasteiger partial charge in [-0.25, -0.2) is 12.8 Å². The fourth-order valence-electron chi connectivity index (χ4n) is 4.82. The summed E-state index contributed by atoms with van der Waals surface area (Å²) in [6.45, 7) is 1.44. The fraction of sp³-hybridized carbons (Fsp3) is 0.219. The van der Waals surface area contributed by atoms with Gasteiger partial charge in [0.05, 0.1) is 10.9 Å². The molecule has 4 aromatic rings. The Morgan fingerprint density at radius 3 is 2.20 bits per heavy atom. The van der Waals surface area contributed by atoms with Crippen molar-refractivity contribution in [2.75, 3.05) is 18.8 Å². The molecular weight excluding hydrogens is 558 g/mol. The Balaban J connectivity index is 1.26. The minimum absolute atomic E-state index is 0.169. The third-order valence-corrected chi connectivity index (χ3v) is 10.2. The number of nitrogens with zero attached hydrogens (tertiary/aromatic N) is 1. The van der Waals surface area contributed by atoms with Crippen LogP contribution < -0.4 is 10.6 Å². The second-order valence-electron chi connectivity index (χ2n) is 9.79. The molecule has 1 saturated heterocycles. The number of benzene rings is 4. The van der Waals surface area contributed by atoms with Crippen LogP contribution in [0.15, 0.2) is 114 Å². The molecule has 2 N–H and O–H groups in total. The van der Waals surface area contributed by atoms with Crippen molar-refractivity contribution >= 4 is 27.7 Å². The van der Waals surface area contributed by atoms with Gasteiger partial charge in [0.25, 0.3) is 0 Å². The molecule has 9 heteroatoms. The molecule has 0 bridgehead atoms. The molecule has 0 aliphatic carbocycles. The summed E-state index contributed by atoms with van der Waals surface area (Å²) in [5, 5.41) is 5.61. The van der Waals surface area contributed by atoms with E-state index in [2.05, 4.69) is 10.6 Å². The van der Waals surface area contributed by atoms with Gasteiger partial charge in [-0.15, -0.1) is 11.8 Å². The third kappa shape index (κ3) is 7.23. The SMILES string of the molecule is O=C(NC(CCNCc1ccc(F)cc1)c1ccccc1)C1SCCN1S(=O)(=O)c1ccc(-c2ccccc2)cc1. The lowest BCUT2D eigenvalue weighted by Crippen LogP contribution is -2.46. The van der Waals surface area contributed by atoms with E-state index in [4.69, 9.17) is 0 Å². The quantitative estimate of drug-likeness (QED) is 0.223. The molecule has 1 heterocycles. The summed E-state index contributed by atoms with van der Waals surface area (Å²) in [5.74, 6) is -0.0655. The molecule has 6 nitrogen and oxygen atoms in total. The first-order chi connectivity index (χ1) is 19.9. The highest BCUT2D eigenvalue weighted by molar-refractivity contribution is 8.02. The second kappa shape index (κ2) is 13.4. The zero-order valence-corrected chi connectivity index (χ0v) is 24.1. The van der Waals surface area contributed by atoms with E-state index in [1.54, 1.807) is 36.4 Å². The van der Waals surface area contributed by atoms with Gasteiger partial charge in [-0.2, -0.15) is 4.31 Å². The predicted octanol–water partition coefficient (Wildman–Crippen LogP) is 5.59. The topological polar surface area (TPSA) is 78.5 Å². The maximum absolute atomic E-state index is 13.6. The van der Waals surface area contributed by atoms with Gasteiger partial charge < -0.3 is 10.6 Å². The van der Waals surface area contributed by atoms with E-state index in [0.717, 1.165) is 22.3 Å². The van der Waals surface area contributed by atoms with Crippen LogP contribution in [0.3, 0.4) is 0 Å². The van der Waals surface area contributed by atoms with Crippen LogP contribution in [0.4, 0.5) is 4.39 Å². The summed E-state index contributed by atoms with van der Waals surface area (Å²) in [6, 6.07) is 32.3. The highest BCUT2D eigenvalue weighted by Gasteiger charge is 2.40. The average molecular weight is 590 g/mol. The summed E-state index contributed by atoms with van der Waals surface area (Å²) in [5.41, 5.74) is 3.84. The molecular formula is C32H32FN3O3S2. The van der Waals surface area contributed by atoms with Crippen LogP contribution >= 0.6 is 11.8 Å². The second-order valence-corrected chi connectivity index (χ2v) is 12.9. The third-order valence-electron chi connectivity index (χ3n) is 7.01. The number of sulfonamides is 1. The Labute approximate surface area is 245 Å². The van der Waals surface area contributed by atoms with E-state index in [9.17, 15) is 17.6 Å². The van der Waals surface area contributed by atoms with Gasteiger partial charge in [0.15, 0.2) is 0 Å². The van der Waals surface area contributed by atoms with Gasteiger partial charge in [0.1, 0.15) is 11.2 Å². The van der Waals surface area contributed by atoms with Gasteiger partial charge in [-0.05, 0) is 59.5 Å². The van der Waals surface area contributed by atoms with Gasteiger partial charge in [-0.3, -0.25) is 4.79 Å². The van der Waals surface area contributed by atoms with E-state index in [-0.39, 0.29) is 29.2 Å². The molecule has 4 aromatic carbocycles. The normalized spacial score (nSPS) is 16.4. The highest BCUT2D eigenvalue weighted by atomic mass is 32.2. The molecule has 41 heavy (non-hydrogen) atoms. The standard InChI is InChI=1S/C32H32FN3O3S2/c33-28-15-11-24(12-16-28)23-34-20-19-30(27-9-5-2-6-10-27)35-31(37)32-36(21-22-40-32)41(38,39)29-17-13-26(14-18-29)25-7-3-1-4-8-25/h1-18,30,32,34H,19-23H2,(H,35,37). The average Bonchev–Trinajstić information content (AvgIpc) is 3.52. The Bertz CT molecular complexity index is 1540. The van der Waals surface area contributed by atoms with E-state index in [1.165, 1.54) is 28.2 Å². The molecule has 0 radical (unpaired) electrons. The maximum atomic E-state index is 13.6. The number of hydrogen-bond acceptors (Lipinski definition) is 5. The molecule has 0 aromatic heterocycles. The zero-order chi connectivity index (χ0) is 28.7. The summed E-state index contributed by atoms with van der Waals surface area (Å²) in [4.78, 5) is 13.7. The number of nitrogens with one attached hydrogen (secondary N) is 2. The molecule has 1 aliphatic rings. The van der Waals surface area contributed by atoms with Crippen LogP contribution in [0, 0.1) is 5.82 Å². The number of rotatable bonds is 11. The molecule has 0 saturated carbocycles. The first-order valence-electron chi connectivity index (χ1n) is 13.5. The Morgan fingerprint density at radius 2 is 1.51 bits per heavy atom. The van der Waals surface area contributed by atoms with E-state index >= 15 is 0 Å². The summed E-state index contributed by atoms with van der Waals surface area (Å²) >= 11 is 1.33. The molecule has 212 valence electrons. The van der Waals surface area contributed by atoms with Gasteiger partial charge in [-0.1, -0.05) is 84.9 Å². The molecule has 0 spiro atoms. The molecule has 2 unspecified atom stereocenters. The van der Waals surface area contributed by atoms with Crippen LogP contribution in [0.5, 0.6) is 0 Å². The molecule has 2 atom stereocenters. The number of carbonyl (C=O) groups excluding carboxylic acids is 1. The Hall–Kier alpha value is -3.50. The first kappa shape index (κ1) is 29.0. The summed E-state index contributed by atoms with van der Waals surface area (Å²) in [6.07, 6.45) is 0.599. The minimum Gasteiger partial charge on any atom is -0.347 e. The number of hydrogen-bond donors (Lipinski definition) is 2. The minimum atomic E-state index is -3.87. The summed E-state index contributed by atoms with van der Waals surface area (Å²) < 4.78 is 41.7. The molecule has 5 rings (SSSR count). The van der Waals surface area contributed by atoms with Crippen molar-refractivity contribution < 1.29 is 17.6 Å². The largest absolute Gasteiger partial charge is 0.347 e. The van der Waals surface area contributed by atoms with Crippen LogP contribution in [0.1, 0.15) is 23.6 Å². The Morgan fingerprint density at radius 1 is 0.878 bits per heavy atom. The Kier molecular flexibility index (Phi) is 9.51. The predicted molar refractivity (Wildman–Crippen MR) is 162 cm³/mol. The number of thioether (sulfide) groups is 1. The van der Waals surface area contributed by atoms with E-state index in [0.29, 0.717) is 25.3 Å². The lowest BCUT2D eigenvalue weighted by Gasteiger charge is -2.26. The van der Waals surface area contributed by atoms with Gasteiger partial charge >= 0.3 is 0 Å². The van der Waals surface area contributed by atoms with Gasteiger partial charge in [0.2, 0.25) is 15.9 Å². The van der Waals surface area contributed by atoms with Crippen molar-refractivity contribution in [2.45, 2.75) is 29.3 Å². The lowest BCUT2D eigenvalue weighted by molar-refractivity contribution is -0.122. The number of halogens is 1. The van der Waals surface area contributed by atoms with Crippen molar-refractivity contribution in [3.05, 3.63) is 126 Å². The number of amides is 1. The van der Waals surface area contributed by atoms with Gasteiger partial charge in [0, 0.05) is 18.8 Å². The van der Waals surface area contributed by atoms with Crippen molar-refractivity contribution in [1.29, 1.82) is 0 Å².